The van der Waals surface area contributed by atoms with Crippen molar-refractivity contribution in [3.63, 3.8) is 0 Å². The van der Waals surface area contributed by atoms with Gasteiger partial charge in [-0.2, -0.15) is 0 Å². The summed E-state index contributed by atoms with van der Waals surface area (Å²) in [6.45, 7) is 1.56. The topological polar surface area (TPSA) is 74.8 Å². The average Bonchev–Trinajstić information content (AvgIpc) is 2.40. The molecule has 7 heteroatoms. The van der Waals surface area contributed by atoms with Crippen molar-refractivity contribution in [3.8, 4) is 5.75 Å². The Morgan fingerprint density at radius 2 is 2.19 bits per heavy atom. The third kappa shape index (κ3) is 3.90. The minimum Gasteiger partial charge on any atom is -0.507 e. The Labute approximate surface area is 130 Å². The van der Waals surface area contributed by atoms with Gasteiger partial charge in [-0.05, 0) is 31.3 Å². The van der Waals surface area contributed by atoms with Crippen molar-refractivity contribution in [1.82, 2.24) is 0 Å². The Kier molecular flexibility index (Phi) is 4.72. The molecule has 0 bridgehead atoms. The number of halogens is 1. The Bertz CT molecular complexity index is 771. The van der Waals surface area contributed by atoms with E-state index in [1.807, 2.05) is 0 Å². The Hall–Kier alpha value is -2.18. The van der Waals surface area contributed by atoms with Gasteiger partial charge in [-0.1, -0.05) is 23.7 Å². The molecule has 2 N–H and O–H groups in total. The normalized spacial score (nSPS) is 10.8. The quantitative estimate of drug-likeness (QED) is 0.656. The molecular formula is C14H11ClN2O3S. The van der Waals surface area contributed by atoms with Crippen LogP contribution in [0.5, 0.6) is 5.75 Å². The molecule has 0 aliphatic rings. The molecule has 1 aromatic heterocycles. The lowest BCUT2D eigenvalue weighted by Crippen LogP contribution is -2.11. The molecule has 0 aliphatic carbocycles. The zero-order valence-corrected chi connectivity index (χ0v) is 12.5. The predicted molar refractivity (Wildman–Crippen MR) is 86.6 cm³/mol. The highest BCUT2D eigenvalue weighted by Crippen LogP contribution is 2.20. The zero-order chi connectivity index (χ0) is 15.4. The highest BCUT2D eigenvalue weighted by molar-refractivity contribution is 7.80. The van der Waals surface area contributed by atoms with Gasteiger partial charge in [0.25, 0.3) is 0 Å². The average molecular weight is 323 g/mol. The molecule has 0 saturated heterocycles. The van der Waals surface area contributed by atoms with Crippen molar-refractivity contribution >= 4 is 40.8 Å². The molecule has 5 nitrogen and oxygen atoms in total. The molecule has 0 aliphatic heterocycles. The molecule has 0 radical (unpaired) electrons. The van der Waals surface area contributed by atoms with E-state index in [4.69, 9.17) is 28.2 Å². The summed E-state index contributed by atoms with van der Waals surface area (Å²) >= 11 is 11.0. The van der Waals surface area contributed by atoms with E-state index in [-0.39, 0.29) is 16.4 Å². The molecule has 0 fully saturated rings. The van der Waals surface area contributed by atoms with E-state index in [2.05, 4.69) is 10.3 Å². The Morgan fingerprint density at radius 3 is 2.86 bits per heavy atom. The van der Waals surface area contributed by atoms with Gasteiger partial charge in [0.15, 0.2) is 5.11 Å². The van der Waals surface area contributed by atoms with E-state index in [9.17, 15) is 9.90 Å². The van der Waals surface area contributed by atoms with Gasteiger partial charge in [0, 0.05) is 12.3 Å². The molecule has 0 atom stereocenters. The summed E-state index contributed by atoms with van der Waals surface area (Å²) in [5.41, 5.74) is -0.151. The standard InChI is InChI=1S/C14H11ClN2O3S/c1-8-6-12(18)9(13(19)20-8)7-16-14(21)17-11-5-3-2-4-10(11)15/h2-7,18H,1H3,(H,17,21). The fourth-order valence-corrected chi connectivity index (χ4v) is 1.90. The van der Waals surface area contributed by atoms with Gasteiger partial charge < -0.3 is 14.8 Å². The maximum absolute atomic E-state index is 11.6. The summed E-state index contributed by atoms with van der Waals surface area (Å²) in [5.74, 6) is 0.0967. The molecule has 2 aromatic rings. The second kappa shape index (κ2) is 6.51. The lowest BCUT2D eigenvalue weighted by molar-refractivity contribution is 0.433. The number of nitrogens with one attached hydrogen (secondary N) is 1. The van der Waals surface area contributed by atoms with Crippen molar-refractivity contribution < 1.29 is 9.52 Å². The summed E-state index contributed by atoms with van der Waals surface area (Å²) in [4.78, 5) is 15.5. The lowest BCUT2D eigenvalue weighted by Gasteiger charge is -2.05. The largest absolute Gasteiger partial charge is 0.507 e. The molecule has 0 unspecified atom stereocenters. The van der Waals surface area contributed by atoms with Crippen LogP contribution >= 0.6 is 23.8 Å². The molecule has 1 heterocycles. The van der Waals surface area contributed by atoms with Crippen molar-refractivity contribution in [2.24, 2.45) is 4.99 Å². The van der Waals surface area contributed by atoms with Crippen LogP contribution in [0.3, 0.4) is 0 Å². The number of benzene rings is 1. The molecule has 21 heavy (non-hydrogen) atoms. The summed E-state index contributed by atoms with van der Waals surface area (Å²) in [6.07, 6.45) is 1.15. The SMILES string of the molecule is Cc1cc(O)c(C=NC(=S)Nc2ccccc2Cl)c(=O)o1. The highest BCUT2D eigenvalue weighted by atomic mass is 35.5. The smallest absolute Gasteiger partial charge is 0.348 e. The van der Waals surface area contributed by atoms with Gasteiger partial charge in [0.1, 0.15) is 17.1 Å². The van der Waals surface area contributed by atoms with Gasteiger partial charge in [-0.3, -0.25) is 0 Å². The molecule has 0 saturated carbocycles. The van der Waals surface area contributed by atoms with E-state index in [0.717, 1.165) is 6.21 Å². The molecule has 1 aromatic carbocycles. The highest BCUT2D eigenvalue weighted by Gasteiger charge is 2.07. The monoisotopic (exact) mass is 322 g/mol. The number of hydrogen-bond donors (Lipinski definition) is 2. The zero-order valence-electron chi connectivity index (χ0n) is 11.0. The van der Waals surface area contributed by atoms with E-state index in [1.54, 1.807) is 31.2 Å². The number of thiocarbonyl (C=S) groups is 1. The van der Waals surface area contributed by atoms with E-state index >= 15 is 0 Å². The van der Waals surface area contributed by atoms with Gasteiger partial charge in [-0.25, -0.2) is 9.79 Å². The number of para-hydroxylation sites is 1. The summed E-state index contributed by atoms with van der Waals surface area (Å²) in [5, 5.41) is 13.1. The maximum atomic E-state index is 11.6. The number of anilines is 1. The number of rotatable bonds is 2. The molecule has 0 spiro atoms. The van der Waals surface area contributed by atoms with Crippen LogP contribution < -0.4 is 10.9 Å². The van der Waals surface area contributed by atoms with Gasteiger partial charge in [0.2, 0.25) is 0 Å². The summed E-state index contributed by atoms with van der Waals surface area (Å²) < 4.78 is 4.87. The number of aromatic hydroxyl groups is 1. The third-order valence-electron chi connectivity index (χ3n) is 2.52. The third-order valence-corrected chi connectivity index (χ3v) is 3.05. The maximum Gasteiger partial charge on any atom is 0.348 e. The van der Waals surface area contributed by atoms with Gasteiger partial charge in [-0.15, -0.1) is 0 Å². The van der Waals surface area contributed by atoms with Crippen LogP contribution in [-0.4, -0.2) is 16.4 Å². The number of nitrogens with zero attached hydrogens (tertiary/aromatic N) is 1. The Morgan fingerprint density at radius 1 is 1.48 bits per heavy atom. The first kappa shape index (κ1) is 15.2. The second-order valence-corrected chi connectivity index (χ2v) is 4.91. The van der Waals surface area contributed by atoms with E-state index < -0.39 is 5.63 Å². The first-order valence-corrected chi connectivity index (χ1v) is 6.69. The Balaban J connectivity index is 2.17. The van der Waals surface area contributed by atoms with Crippen molar-refractivity contribution in [2.75, 3.05) is 5.32 Å². The van der Waals surface area contributed by atoms with Crippen molar-refractivity contribution in [2.45, 2.75) is 6.92 Å². The molecule has 2 rings (SSSR count). The molecular weight excluding hydrogens is 312 g/mol. The number of aryl methyl sites for hydroxylation is 1. The van der Waals surface area contributed by atoms with E-state index in [1.165, 1.54) is 6.07 Å². The van der Waals surface area contributed by atoms with Crippen molar-refractivity contribution in [1.29, 1.82) is 0 Å². The van der Waals surface area contributed by atoms with Crippen LogP contribution in [0.4, 0.5) is 5.69 Å². The number of aliphatic imine (C=N–C) groups is 1. The summed E-state index contributed by atoms with van der Waals surface area (Å²) in [6, 6.07) is 8.35. The molecule has 0 amide bonds. The van der Waals surface area contributed by atoms with Crippen LogP contribution in [0.15, 0.2) is 44.5 Å². The van der Waals surface area contributed by atoms with E-state index in [0.29, 0.717) is 16.5 Å². The summed E-state index contributed by atoms with van der Waals surface area (Å²) in [7, 11) is 0. The second-order valence-electron chi connectivity index (χ2n) is 4.11. The first-order valence-electron chi connectivity index (χ1n) is 5.90. The fraction of sp³-hybridized carbons (Fsp3) is 0.0714. The van der Waals surface area contributed by atoms with Crippen molar-refractivity contribution in [3.05, 3.63) is 57.1 Å². The predicted octanol–water partition coefficient (Wildman–Crippen LogP) is 3.12. The van der Waals surface area contributed by atoms with Crippen LogP contribution in [0.25, 0.3) is 0 Å². The van der Waals surface area contributed by atoms with Crippen LogP contribution in [0, 0.1) is 6.92 Å². The minimum absolute atomic E-state index is 0.0658. The van der Waals surface area contributed by atoms with Crippen LogP contribution in [0.2, 0.25) is 5.02 Å². The van der Waals surface area contributed by atoms with Crippen LogP contribution in [0.1, 0.15) is 11.3 Å². The lowest BCUT2D eigenvalue weighted by atomic mass is 10.2. The van der Waals surface area contributed by atoms with Gasteiger partial charge >= 0.3 is 5.63 Å². The fourth-order valence-electron chi connectivity index (χ4n) is 1.56. The molecule has 108 valence electrons. The number of hydrogen-bond acceptors (Lipinski definition) is 4. The minimum atomic E-state index is -0.684. The van der Waals surface area contributed by atoms with Gasteiger partial charge in [0.05, 0.1) is 10.7 Å². The van der Waals surface area contributed by atoms with Crippen LogP contribution in [-0.2, 0) is 0 Å². The first-order chi connectivity index (χ1) is 9.97.